The third-order valence-corrected chi connectivity index (χ3v) is 4.56. The van der Waals surface area contributed by atoms with Crippen molar-refractivity contribution in [2.24, 2.45) is 0 Å². The molecule has 0 aliphatic heterocycles. The van der Waals surface area contributed by atoms with Crippen LogP contribution < -0.4 is 5.32 Å². The molecule has 2 heteroatoms. The maximum atomic E-state index is 6.21. The summed E-state index contributed by atoms with van der Waals surface area (Å²) in [6.45, 7) is 7.26. The fourth-order valence-corrected chi connectivity index (χ4v) is 3.45. The Balaban J connectivity index is 2.33. The molecule has 2 rings (SSSR count). The van der Waals surface area contributed by atoms with Crippen LogP contribution >= 0.6 is 0 Å². The molecular weight excluding hydrogens is 234 g/mol. The smallest absolute Gasteiger partial charge is 0.0876 e. The van der Waals surface area contributed by atoms with Gasteiger partial charge in [0.2, 0.25) is 0 Å². The van der Waals surface area contributed by atoms with Crippen LogP contribution in [0.2, 0.25) is 0 Å². The van der Waals surface area contributed by atoms with Gasteiger partial charge in [0.25, 0.3) is 0 Å². The molecule has 2 nitrogen and oxygen atoms in total. The lowest BCUT2D eigenvalue weighted by Crippen LogP contribution is -2.43. The van der Waals surface area contributed by atoms with Crippen molar-refractivity contribution >= 4 is 0 Å². The SMILES string of the molecule is CCOC1(C(NC)c2ccc(C)c(C)c2)CCCC1. The topological polar surface area (TPSA) is 21.3 Å². The fourth-order valence-electron chi connectivity index (χ4n) is 3.45. The minimum Gasteiger partial charge on any atom is -0.373 e. The van der Waals surface area contributed by atoms with Crippen LogP contribution in [-0.2, 0) is 4.74 Å². The molecule has 0 amide bonds. The zero-order valence-electron chi connectivity index (χ0n) is 12.8. The molecule has 0 saturated heterocycles. The van der Waals surface area contributed by atoms with E-state index in [4.69, 9.17) is 4.74 Å². The minimum absolute atomic E-state index is 0.00873. The van der Waals surface area contributed by atoms with Gasteiger partial charge in [-0.3, -0.25) is 0 Å². The van der Waals surface area contributed by atoms with Crippen LogP contribution in [0.3, 0.4) is 0 Å². The van der Waals surface area contributed by atoms with E-state index < -0.39 is 0 Å². The lowest BCUT2D eigenvalue weighted by atomic mass is 9.85. The first-order chi connectivity index (χ1) is 9.13. The normalized spacial score (nSPS) is 19.6. The van der Waals surface area contributed by atoms with Crippen LogP contribution in [0.4, 0.5) is 0 Å². The second kappa shape index (κ2) is 6.06. The maximum Gasteiger partial charge on any atom is 0.0876 e. The average Bonchev–Trinajstić information content (AvgIpc) is 2.84. The van der Waals surface area contributed by atoms with Crippen LogP contribution in [0.1, 0.15) is 55.3 Å². The van der Waals surface area contributed by atoms with Crippen molar-refractivity contribution in [1.29, 1.82) is 0 Å². The Morgan fingerprint density at radius 3 is 2.42 bits per heavy atom. The molecule has 19 heavy (non-hydrogen) atoms. The van der Waals surface area contributed by atoms with Crippen LogP contribution in [0.25, 0.3) is 0 Å². The Hall–Kier alpha value is -0.860. The van der Waals surface area contributed by atoms with Gasteiger partial charge in [-0.25, -0.2) is 0 Å². The minimum atomic E-state index is -0.00873. The first-order valence-corrected chi connectivity index (χ1v) is 7.51. The zero-order valence-corrected chi connectivity index (χ0v) is 12.8. The summed E-state index contributed by atoms with van der Waals surface area (Å²) in [4.78, 5) is 0. The van der Waals surface area contributed by atoms with Crippen LogP contribution in [0.15, 0.2) is 18.2 Å². The van der Waals surface area contributed by atoms with Gasteiger partial charge < -0.3 is 10.1 Å². The third kappa shape index (κ3) is 2.85. The molecule has 0 bridgehead atoms. The summed E-state index contributed by atoms with van der Waals surface area (Å²) in [6.07, 6.45) is 4.89. The van der Waals surface area contributed by atoms with Crippen LogP contribution in [0, 0.1) is 13.8 Å². The largest absolute Gasteiger partial charge is 0.373 e. The predicted octanol–water partition coefficient (Wildman–Crippen LogP) is 3.91. The number of hydrogen-bond acceptors (Lipinski definition) is 2. The molecule has 1 atom stereocenters. The Morgan fingerprint density at radius 2 is 1.89 bits per heavy atom. The highest BCUT2D eigenvalue weighted by molar-refractivity contribution is 5.33. The summed E-state index contributed by atoms with van der Waals surface area (Å²) >= 11 is 0. The molecule has 1 aromatic rings. The van der Waals surface area contributed by atoms with Crippen molar-refractivity contribution < 1.29 is 4.74 Å². The molecule has 1 saturated carbocycles. The molecule has 1 unspecified atom stereocenters. The predicted molar refractivity (Wildman–Crippen MR) is 80.5 cm³/mol. The van der Waals surface area contributed by atoms with Gasteiger partial charge in [-0.15, -0.1) is 0 Å². The molecule has 0 radical (unpaired) electrons. The quantitative estimate of drug-likeness (QED) is 0.867. The standard InChI is InChI=1S/C17H27NO/c1-5-19-17(10-6-7-11-17)16(18-4)15-9-8-13(2)14(3)12-15/h8-9,12,16,18H,5-7,10-11H2,1-4H3. The van der Waals surface area contributed by atoms with Crippen LogP contribution in [0.5, 0.6) is 0 Å². The van der Waals surface area contributed by atoms with Crippen molar-refractivity contribution in [3.8, 4) is 0 Å². The van der Waals surface area contributed by atoms with Gasteiger partial charge in [0, 0.05) is 6.61 Å². The number of hydrogen-bond donors (Lipinski definition) is 1. The summed E-state index contributed by atoms with van der Waals surface area (Å²) in [6, 6.07) is 7.09. The number of nitrogens with one attached hydrogen (secondary N) is 1. The number of benzene rings is 1. The molecular formula is C17H27NO. The molecule has 1 aliphatic carbocycles. The molecule has 0 aromatic heterocycles. The molecule has 0 heterocycles. The molecule has 106 valence electrons. The van der Waals surface area contributed by atoms with E-state index in [-0.39, 0.29) is 5.60 Å². The Kier molecular flexibility index (Phi) is 4.64. The molecule has 0 spiro atoms. The first kappa shape index (κ1) is 14.5. The van der Waals surface area contributed by atoms with Gasteiger partial charge >= 0.3 is 0 Å². The molecule has 1 fully saturated rings. The van der Waals surface area contributed by atoms with Gasteiger partial charge in [0.15, 0.2) is 0 Å². The maximum absolute atomic E-state index is 6.21. The number of rotatable bonds is 5. The summed E-state index contributed by atoms with van der Waals surface area (Å²) in [5.74, 6) is 0. The first-order valence-electron chi connectivity index (χ1n) is 7.51. The Labute approximate surface area is 117 Å². The summed E-state index contributed by atoms with van der Waals surface area (Å²) in [7, 11) is 2.05. The zero-order chi connectivity index (χ0) is 13.9. The summed E-state index contributed by atoms with van der Waals surface area (Å²) in [5, 5.41) is 3.51. The van der Waals surface area contributed by atoms with E-state index in [1.165, 1.54) is 42.4 Å². The Morgan fingerprint density at radius 1 is 1.21 bits per heavy atom. The van der Waals surface area contributed by atoms with E-state index in [1.807, 2.05) is 0 Å². The van der Waals surface area contributed by atoms with Crippen molar-refractivity contribution in [2.45, 2.75) is 58.1 Å². The van der Waals surface area contributed by atoms with E-state index in [0.29, 0.717) is 6.04 Å². The average molecular weight is 261 g/mol. The molecule has 1 aliphatic rings. The van der Waals surface area contributed by atoms with Crippen LogP contribution in [-0.4, -0.2) is 19.3 Å². The van der Waals surface area contributed by atoms with Gasteiger partial charge in [-0.05, 0) is 57.4 Å². The second-order valence-corrected chi connectivity index (χ2v) is 5.77. The monoisotopic (exact) mass is 261 g/mol. The van der Waals surface area contributed by atoms with Crippen molar-refractivity contribution in [2.75, 3.05) is 13.7 Å². The molecule has 1 N–H and O–H groups in total. The van der Waals surface area contributed by atoms with E-state index in [2.05, 4.69) is 51.3 Å². The van der Waals surface area contributed by atoms with E-state index >= 15 is 0 Å². The van der Waals surface area contributed by atoms with Gasteiger partial charge in [0.05, 0.1) is 11.6 Å². The van der Waals surface area contributed by atoms with E-state index in [9.17, 15) is 0 Å². The summed E-state index contributed by atoms with van der Waals surface area (Å²) in [5.41, 5.74) is 4.07. The fraction of sp³-hybridized carbons (Fsp3) is 0.647. The summed E-state index contributed by atoms with van der Waals surface area (Å²) < 4.78 is 6.21. The van der Waals surface area contributed by atoms with Gasteiger partial charge in [-0.1, -0.05) is 31.0 Å². The third-order valence-electron chi connectivity index (χ3n) is 4.56. The highest BCUT2D eigenvalue weighted by atomic mass is 16.5. The van der Waals surface area contributed by atoms with E-state index in [0.717, 1.165) is 6.61 Å². The highest BCUT2D eigenvalue weighted by Gasteiger charge is 2.42. The van der Waals surface area contributed by atoms with Crippen molar-refractivity contribution in [1.82, 2.24) is 5.32 Å². The Bertz CT molecular complexity index is 421. The number of ether oxygens (including phenoxy) is 1. The van der Waals surface area contributed by atoms with Gasteiger partial charge in [0.1, 0.15) is 0 Å². The van der Waals surface area contributed by atoms with E-state index in [1.54, 1.807) is 0 Å². The lowest BCUT2D eigenvalue weighted by molar-refractivity contribution is -0.0610. The van der Waals surface area contributed by atoms with Crippen molar-refractivity contribution in [3.63, 3.8) is 0 Å². The van der Waals surface area contributed by atoms with Crippen molar-refractivity contribution in [3.05, 3.63) is 34.9 Å². The lowest BCUT2D eigenvalue weighted by Gasteiger charge is -2.38. The second-order valence-electron chi connectivity index (χ2n) is 5.77. The highest BCUT2D eigenvalue weighted by Crippen LogP contribution is 2.43. The number of likely N-dealkylation sites (N-methyl/N-ethyl adjacent to an activating group) is 1. The van der Waals surface area contributed by atoms with Gasteiger partial charge in [-0.2, -0.15) is 0 Å². The number of aryl methyl sites for hydroxylation is 2. The molecule has 1 aromatic carbocycles.